The number of quaternary nitrogens is 1. The number of nitrogens with one attached hydrogen (secondary N) is 2. The van der Waals surface area contributed by atoms with Crippen molar-refractivity contribution < 1.29 is 19.4 Å². The maximum absolute atomic E-state index is 12.3. The molecule has 0 saturated heterocycles. The minimum absolute atomic E-state index is 0.101. The van der Waals surface area contributed by atoms with E-state index in [4.69, 9.17) is 4.74 Å². The van der Waals surface area contributed by atoms with Crippen molar-refractivity contribution >= 4 is 17.3 Å². The molecule has 1 unspecified atom stereocenters. The molecular formula is C18H22N3O4+. The highest BCUT2D eigenvalue weighted by Gasteiger charge is 2.16. The Kier molecular flexibility index (Phi) is 6.08. The van der Waals surface area contributed by atoms with Gasteiger partial charge in [-0.3, -0.25) is 14.9 Å². The molecule has 7 nitrogen and oxygen atoms in total. The lowest BCUT2D eigenvalue weighted by atomic mass is 10.1. The average Bonchev–Trinajstić information content (AvgIpc) is 2.56. The molecule has 2 aromatic carbocycles. The molecule has 0 fully saturated rings. The first-order valence-corrected chi connectivity index (χ1v) is 7.88. The van der Waals surface area contributed by atoms with Gasteiger partial charge in [0.1, 0.15) is 12.3 Å². The predicted molar refractivity (Wildman–Crippen MR) is 94.9 cm³/mol. The fraction of sp³-hybridized carbons (Fsp3) is 0.278. The van der Waals surface area contributed by atoms with Crippen molar-refractivity contribution in [2.45, 2.75) is 13.5 Å². The van der Waals surface area contributed by atoms with E-state index in [2.05, 4.69) is 5.32 Å². The van der Waals surface area contributed by atoms with Crippen molar-refractivity contribution in [2.75, 3.05) is 26.0 Å². The lowest BCUT2D eigenvalue weighted by Gasteiger charge is -2.15. The van der Waals surface area contributed by atoms with Crippen LogP contribution in [0.4, 0.5) is 11.4 Å². The van der Waals surface area contributed by atoms with Crippen molar-refractivity contribution in [3.63, 3.8) is 0 Å². The number of nitro benzene ring substituents is 1. The molecule has 0 heterocycles. The van der Waals surface area contributed by atoms with Gasteiger partial charge in [0.2, 0.25) is 0 Å². The Labute approximate surface area is 146 Å². The molecule has 132 valence electrons. The van der Waals surface area contributed by atoms with E-state index < -0.39 is 4.92 Å². The zero-order valence-corrected chi connectivity index (χ0v) is 14.5. The van der Waals surface area contributed by atoms with E-state index in [1.165, 1.54) is 30.9 Å². The quantitative estimate of drug-likeness (QED) is 0.590. The van der Waals surface area contributed by atoms with Crippen molar-refractivity contribution in [3.05, 3.63) is 63.7 Å². The highest BCUT2D eigenvalue weighted by atomic mass is 16.6. The summed E-state index contributed by atoms with van der Waals surface area (Å²) in [6.45, 7) is 2.97. The van der Waals surface area contributed by atoms with Gasteiger partial charge < -0.3 is 15.0 Å². The Morgan fingerprint density at radius 1 is 1.24 bits per heavy atom. The van der Waals surface area contributed by atoms with Crippen LogP contribution >= 0.6 is 0 Å². The van der Waals surface area contributed by atoms with Gasteiger partial charge >= 0.3 is 0 Å². The van der Waals surface area contributed by atoms with Gasteiger partial charge in [-0.2, -0.15) is 0 Å². The molecule has 0 aliphatic heterocycles. The maximum Gasteiger partial charge on any atom is 0.279 e. The summed E-state index contributed by atoms with van der Waals surface area (Å²) in [6, 6.07) is 12.3. The van der Waals surface area contributed by atoms with E-state index >= 15 is 0 Å². The lowest BCUT2D eigenvalue weighted by molar-refractivity contribution is -0.885. The molecule has 25 heavy (non-hydrogen) atoms. The number of nitrogens with zero attached hydrogens (tertiary/aromatic N) is 1. The fourth-order valence-electron chi connectivity index (χ4n) is 2.49. The van der Waals surface area contributed by atoms with Crippen LogP contribution in [0.25, 0.3) is 0 Å². The van der Waals surface area contributed by atoms with Crippen LogP contribution in [0.15, 0.2) is 42.5 Å². The molecule has 2 rings (SSSR count). The van der Waals surface area contributed by atoms with Gasteiger partial charge in [-0.25, -0.2) is 0 Å². The first-order chi connectivity index (χ1) is 11.9. The molecular weight excluding hydrogens is 322 g/mol. The number of carbonyl (C=O) groups excluding carboxylic acids is 1. The second-order valence-corrected chi connectivity index (χ2v) is 5.99. The third-order valence-electron chi connectivity index (χ3n) is 3.76. The number of non-ortho nitro benzene ring substituents is 1. The van der Waals surface area contributed by atoms with Crippen LogP contribution in [0, 0.1) is 17.0 Å². The smallest absolute Gasteiger partial charge is 0.279 e. The summed E-state index contributed by atoms with van der Waals surface area (Å²) in [6.07, 6.45) is 0. The van der Waals surface area contributed by atoms with Crippen LogP contribution < -0.4 is 15.0 Å². The number of hydrogen-bond donors (Lipinski definition) is 2. The van der Waals surface area contributed by atoms with Crippen molar-refractivity contribution in [1.29, 1.82) is 0 Å². The van der Waals surface area contributed by atoms with Gasteiger partial charge in [0.25, 0.3) is 11.6 Å². The largest absolute Gasteiger partial charge is 0.495 e. The molecule has 0 saturated carbocycles. The van der Waals surface area contributed by atoms with Gasteiger partial charge in [0.05, 0.1) is 24.8 Å². The number of benzene rings is 2. The SMILES string of the molecule is COc1ccc([N+](=O)[O-])cc1NC(=O)C[NH+](C)Cc1ccc(C)cc1. The zero-order valence-electron chi connectivity index (χ0n) is 14.5. The van der Waals surface area contributed by atoms with Crippen molar-refractivity contribution in [3.8, 4) is 5.75 Å². The van der Waals surface area contributed by atoms with E-state index in [0.717, 1.165) is 10.5 Å². The average molecular weight is 344 g/mol. The summed E-state index contributed by atoms with van der Waals surface area (Å²) in [5.41, 5.74) is 2.53. The Morgan fingerprint density at radius 2 is 1.92 bits per heavy atom. The summed E-state index contributed by atoms with van der Waals surface area (Å²) >= 11 is 0. The van der Waals surface area contributed by atoms with Gasteiger partial charge in [-0.1, -0.05) is 29.8 Å². The molecule has 0 aromatic heterocycles. The minimum atomic E-state index is -0.510. The number of carbonyl (C=O) groups is 1. The highest BCUT2D eigenvalue weighted by Crippen LogP contribution is 2.28. The van der Waals surface area contributed by atoms with E-state index in [0.29, 0.717) is 18.0 Å². The number of anilines is 1. The molecule has 1 amide bonds. The van der Waals surface area contributed by atoms with Gasteiger partial charge in [0, 0.05) is 17.7 Å². The topological polar surface area (TPSA) is 85.9 Å². The minimum Gasteiger partial charge on any atom is -0.495 e. The molecule has 2 N–H and O–H groups in total. The third-order valence-corrected chi connectivity index (χ3v) is 3.76. The monoisotopic (exact) mass is 344 g/mol. The number of nitro groups is 1. The first-order valence-electron chi connectivity index (χ1n) is 7.88. The molecule has 2 aromatic rings. The van der Waals surface area contributed by atoms with Gasteiger partial charge in [-0.15, -0.1) is 0 Å². The molecule has 7 heteroatoms. The summed E-state index contributed by atoms with van der Waals surface area (Å²) in [7, 11) is 3.37. The van der Waals surface area contributed by atoms with Crippen LogP contribution in [-0.4, -0.2) is 31.5 Å². The summed E-state index contributed by atoms with van der Waals surface area (Å²) in [5, 5.41) is 13.6. The number of likely N-dealkylation sites (N-methyl/N-ethyl adjacent to an activating group) is 1. The van der Waals surface area contributed by atoms with Crippen molar-refractivity contribution in [1.82, 2.24) is 0 Å². The number of hydrogen-bond acceptors (Lipinski definition) is 4. The number of rotatable bonds is 7. The molecule has 0 spiro atoms. The predicted octanol–water partition coefficient (Wildman–Crippen LogP) is 1.57. The number of aryl methyl sites for hydroxylation is 1. The molecule has 0 aliphatic carbocycles. The molecule has 0 radical (unpaired) electrons. The highest BCUT2D eigenvalue weighted by molar-refractivity contribution is 5.93. The lowest BCUT2D eigenvalue weighted by Crippen LogP contribution is -3.08. The Hall–Kier alpha value is -2.93. The zero-order chi connectivity index (χ0) is 18.4. The van der Waals surface area contributed by atoms with Crippen LogP contribution in [0.1, 0.15) is 11.1 Å². The number of amides is 1. The van der Waals surface area contributed by atoms with Crippen LogP contribution in [0.2, 0.25) is 0 Å². The first kappa shape index (κ1) is 18.4. The Bertz CT molecular complexity index is 759. The molecule has 0 aliphatic rings. The second-order valence-electron chi connectivity index (χ2n) is 5.99. The Balaban J connectivity index is 2.00. The third kappa shape index (κ3) is 5.29. The van der Waals surface area contributed by atoms with Gasteiger partial charge in [0.15, 0.2) is 6.54 Å². The van der Waals surface area contributed by atoms with Crippen LogP contribution in [-0.2, 0) is 11.3 Å². The molecule has 1 atom stereocenters. The van der Waals surface area contributed by atoms with E-state index in [9.17, 15) is 14.9 Å². The van der Waals surface area contributed by atoms with Crippen LogP contribution in [0.5, 0.6) is 5.75 Å². The summed E-state index contributed by atoms with van der Waals surface area (Å²) in [4.78, 5) is 23.6. The Morgan fingerprint density at radius 3 is 2.52 bits per heavy atom. The summed E-state index contributed by atoms with van der Waals surface area (Å²) in [5.74, 6) is 0.151. The number of ether oxygens (including phenoxy) is 1. The van der Waals surface area contributed by atoms with Gasteiger partial charge in [-0.05, 0) is 13.0 Å². The van der Waals surface area contributed by atoms with Crippen molar-refractivity contribution in [2.24, 2.45) is 0 Å². The second kappa shape index (κ2) is 8.25. The normalized spacial score (nSPS) is 11.6. The maximum atomic E-state index is 12.3. The van der Waals surface area contributed by atoms with E-state index in [1.807, 2.05) is 38.2 Å². The molecule has 0 bridgehead atoms. The number of methoxy groups -OCH3 is 1. The van der Waals surface area contributed by atoms with E-state index in [1.54, 1.807) is 0 Å². The fourth-order valence-corrected chi connectivity index (χ4v) is 2.49. The summed E-state index contributed by atoms with van der Waals surface area (Å²) < 4.78 is 5.15. The standard InChI is InChI=1S/C18H21N3O4/c1-13-4-6-14(7-5-13)11-20(2)12-18(22)19-16-10-15(21(23)24)8-9-17(16)25-3/h4-10H,11-12H2,1-3H3,(H,19,22)/p+1. The van der Waals surface area contributed by atoms with E-state index in [-0.39, 0.29) is 18.1 Å². The van der Waals surface area contributed by atoms with Crippen LogP contribution in [0.3, 0.4) is 0 Å².